The van der Waals surface area contributed by atoms with Gasteiger partial charge in [0.05, 0.1) is 6.04 Å². The number of benzene rings is 1. The molecule has 1 aliphatic heterocycles. The molecule has 0 aromatic heterocycles. The Balaban J connectivity index is 1.71. The molecular formula is C21H32FN3O3S. The minimum Gasteiger partial charge on any atom is -0.341 e. The molecule has 2 fully saturated rings. The summed E-state index contributed by atoms with van der Waals surface area (Å²) in [4.78, 5) is 14.4. The van der Waals surface area contributed by atoms with E-state index in [4.69, 9.17) is 0 Å². The summed E-state index contributed by atoms with van der Waals surface area (Å²) in [5, 5.41) is 3.11. The third-order valence-electron chi connectivity index (χ3n) is 5.79. The summed E-state index contributed by atoms with van der Waals surface area (Å²) in [5.41, 5.74) is 0. The van der Waals surface area contributed by atoms with Crippen LogP contribution in [0.3, 0.4) is 0 Å². The van der Waals surface area contributed by atoms with Crippen LogP contribution in [0.1, 0.15) is 46.0 Å². The average molecular weight is 426 g/mol. The SMILES string of the molecule is CNC(CC(C)C)C(=O)N1CCC(N(C2CC2)S(=O)(=O)c2ccccc2F)CC1. The molecule has 8 heteroatoms. The molecule has 1 aliphatic carbocycles. The van der Waals surface area contributed by atoms with Gasteiger partial charge in [-0.05, 0) is 57.2 Å². The van der Waals surface area contributed by atoms with E-state index in [0.717, 1.165) is 19.3 Å². The number of carbonyl (C=O) groups excluding carboxylic acids is 1. The third kappa shape index (κ3) is 4.98. The van der Waals surface area contributed by atoms with Crippen molar-refractivity contribution in [2.45, 2.75) is 69.0 Å². The minimum absolute atomic E-state index is 0.0575. The molecule has 0 spiro atoms. The smallest absolute Gasteiger partial charge is 0.246 e. The number of hydrogen-bond donors (Lipinski definition) is 1. The van der Waals surface area contributed by atoms with Gasteiger partial charge >= 0.3 is 0 Å². The Morgan fingerprint density at radius 1 is 1.17 bits per heavy atom. The van der Waals surface area contributed by atoms with Crippen LogP contribution in [-0.4, -0.2) is 61.8 Å². The summed E-state index contributed by atoms with van der Waals surface area (Å²) in [6.45, 7) is 5.22. The van der Waals surface area contributed by atoms with E-state index in [1.54, 1.807) is 13.1 Å². The number of likely N-dealkylation sites (N-methyl/N-ethyl adjacent to an activating group) is 1. The summed E-state index contributed by atoms with van der Waals surface area (Å²) in [6.07, 6.45) is 3.54. The number of carbonyl (C=O) groups is 1. The Hall–Kier alpha value is -1.51. The zero-order valence-corrected chi connectivity index (χ0v) is 18.3. The zero-order valence-electron chi connectivity index (χ0n) is 17.5. The molecule has 29 heavy (non-hydrogen) atoms. The van der Waals surface area contributed by atoms with Crippen LogP contribution in [-0.2, 0) is 14.8 Å². The monoisotopic (exact) mass is 425 g/mol. The van der Waals surface area contributed by atoms with Gasteiger partial charge < -0.3 is 10.2 Å². The highest BCUT2D eigenvalue weighted by molar-refractivity contribution is 7.89. The molecule has 1 unspecified atom stereocenters. The van der Waals surface area contributed by atoms with Crippen LogP contribution in [0.25, 0.3) is 0 Å². The molecule has 1 saturated heterocycles. The maximum Gasteiger partial charge on any atom is 0.246 e. The van der Waals surface area contributed by atoms with Gasteiger partial charge in [-0.1, -0.05) is 26.0 Å². The van der Waals surface area contributed by atoms with Crippen LogP contribution < -0.4 is 5.32 Å². The van der Waals surface area contributed by atoms with Gasteiger partial charge in [0, 0.05) is 25.2 Å². The number of halogens is 1. The maximum atomic E-state index is 14.2. The van der Waals surface area contributed by atoms with Crippen molar-refractivity contribution in [3.8, 4) is 0 Å². The van der Waals surface area contributed by atoms with Gasteiger partial charge in [-0.25, -0.2) is 12.8 Å². The predicted octanol–water partition coefficient (Wildman–Crippen LogP) is 2.60. The Kier molecular flexibility index (Phi) is 6.96. The molecule has 6 nitrogen and oxygen atoms in total. The van der Waals surface area contributed by atoms with Gasteiger partial charge in [0.1, 0.15) is 10.7 Å². The second-order valence-corrected chi connectivity index (χ2v) is 10.3. The molecule has 3 rings (SSSR count). The van der Waals surface area contributed by atoms with Crippen molar-refractivity contribution in [1.29, 1.82) is 0 Å². The van der Waals surface area contributed by atoms with E-state index in [2.05, 4.69) is 19.2 Å². The van der Waals surface area contributed by atoms with Crippen LogP contribution in [0, 0.1) is 11.7 Å². The summed E-state index contributed by atoms with van der Waals surface area (Å²) in [7, 11) is -2.10. The van der Waals surface area contributed by atoms with E-state index in [9.17, 15) is 17.6 Å². The first-order valence-corrected chi connectivity index (χ1v) is 11.9. The van der Waals surface area contributed by atoms with E-state index in [-0.39, 0.29) is 28.9 Å². The van der Waals surface area contributed by atoms with Gasteiger partial charge in [0.25, 0.3) is 0 Å². The Labute approximate surface area is 173 Å². The van der Waals surface area contributed by atoms with E-state index >= 15 is 0 Å². The van der Waals surface area contributed by atoms with Crippen molar-refractivity contribution < 1.29 is 17.6 Å². The topological polar surface area (TPSA) is 69.7 Å². The molecule has 1 aromatic rings. The van der Waals surface area contributed by atoms with E-state index < -0.39 is 15.8 Å². The number of amides is 1. The van der Waals surface area contributed by atoms with Crippen LogP contribution in [0.15, 0.2) is 29.2 Å². The highest BCUT2D eigenvalue weighted by Gasteiger charge is 2.44. The maximum absolute atomic E-state index is 14.2. The van der Waals surface area contributed by atoms with E-state index in [0.29, 0.717) is 31.8 Å². The molecule has 1 amide bonds. The summed E-state index contributed by atoms with van der Waals surface area (Å²) < 4.78 is 42.2. The number of rotatable bonds is 8. The number of sulfonamides is 1. The predicted molar refractivity (Wildman–Crippen MR) is 110 cm³/mol. The highest BCUT2D eigenvalue weighted by atomic mass is 32.2. The number of nitrogens with zero attached hydrogens (tertiary/aromatic N) is 2. The van der Waals surface area contributed by atoms with Crippen molar-refractivity contribution in [1.82, 2.24) is 14.5 Å². The van der Waals surface area contributed by atoms with Gasteiger partial charge in [-0.15, -0.1) is 0 Å². The van der Waals surface area contributed by atoms with Crippen LogP contribution in [0.4, 0.5) is 4.39 Å². The first kappa shape index (κ1) is 22.2. The molecule has 1 heterocycles. The molecule has 1 aromatic carbocycles. The zero-order chi connectivity index (χ0) is 21.2. The lowest BCUT2D eigenvalue weighted by Crippen LogP contribution is -2.53. The fourth-order valence-corrected chi connectivity index (χ4v) is 6.16. The van der Waals surface area contributed by atoms with Gasteiger partial charge in [0.15, 0.2) is 0 Å². The van der Waals surface area contributed by atoms with Crippen molar-refractivity contribution in [3.63, 3.8) is 0 Å². The fraction of sp³-hybridized carbons (Fsp3) is 0.667. The quantitative estimate of drug-likeness (QED) is 0.695. The summed E-state index contributed by atoms with van der Waals surface area (Å²) >= 11 is 0. The second-order valence-electron chi connectivity index (χ2n) is 8.52. The van der Waals surface area contributed by atoms with Crippen LogP contribution >= 0.6 is 0 Å². The Morgan fingerprint density at radius 3 is 2.28 bits per heavy atom. The molecule has 0 bridgehead atoms. The standard InChI is InChI=1S/C21H32FN3O3S/c1-15(2)14-19(23-3)21(26)24-12-10-17(11-13-24)25(16-8-9-16)29(27,28)20-7-5-4-6-18(20)22/h4-7,15-17,19,23H,8-14H2,1-3H3. The molecule has 2 aliphatic rings. The molecular weight excluding hydrogens is 393 g/mol. The van der Waals surface area contributed by atoms with Crippen LogP contribution in [0.2, 0.25) is 0 Å². The number of piperidine rings is 1. The molecule has 1 saturated carbocycles. The molecule has 1 N–H and O–H groups in total. The van der Waals surface area contributed by atoms with Gasteiger partial charge in [-0.2, -0.15) is 4.31 Å². The number of hydrogen-bond acceptors (Lipinski definition) is 4. The largest absolute Gasteiger partial charge is 0.341 e. The van der Waals surface area contributed by atoms with E-state index in [1.165, 1.54) is 22.5 Å². The Bertz CT molecular complexity index is 818. The summed E-state index contributed by atoms with van der Waals surface area (Å²) in [6, 6.07) is 5.10. The lowest BCUT2D eigenvalue weighted by atomic mass is 10.00. The average Bonchev–Trinajstić information content (AvgIpc) is 3.51. The van der Waals surface area contributed by atoms with Crippen LogP contribution in [0.5, 0.6) is 0 Å². The van der Waals surface area contributed by atoms with Gasteiger partial charge in [-0.3, -0.25) is 4.79 Å². The fourth-order valence-electron chi connectivity index (χ4n) is 4.16. The van der Waals surface area contributed by atoms with Crippen molar-refractivity contribution >= 4 is 15.9 Å². The minimum atomic E-state index is -3.90. The molecule has 0 radical (unpaired) electrons. The summed E-state index contributed by atoms with van der Waals surface area (Å²) in [5.74, 6) is -0.226. The van der Waals surface area contributed by atoms with E-state index in [1.807, 2.05) is 4.90 Å². The van der Waals surface area contributed by atoms with Crippen molar-refractivity contribution in [3.05, 3.63) is 30.1 Å². The lowest BCUT2D eigenvalue weighted by molar-refractivity contribution is -0.135. The third-order valence-corrected chi connectivity index (χ3v) is 7.83. The first-order valence-electron chi connectivity index (χ1n) is 10.5. The lowest BCUT2D eigenvalue weighted by Gasteiger charge is -2.39. The molecule has 1 atom stereocenters. The van der Waals surface area contributed by atoms with Crippen molar-refractivity contribution in [2.24, 2.45) is 5.92 Å². The molecule has 162 valence electrons. The second kappa shape index (κ2) is 9.10. The number of nitrogens with one attached hydrogen (secondary N) is 1. The highest BCUT2D eigenvalue weighted by Crippen LogP contribution is 2.37. The number of likely N-dealkylation sites (tertiary alicyclic amines) is 1. The van der Waals surface area contributed by atoms with Gasteiger partial charge in [0.2, 0.25) is 15.9 Å². The Morgan fingerprint density at radius 2 is 1.76 bits per heavy atom. The first-order chi connectivity index (χ1) is 13.8. The normalized spacial score (nSPS) is 19.7. The van der Waals surface area contributed by atoms with Crippen molar-refractivity contribution in [2.75, 3.05) is 20.1 Å².